The van der Waals surface area contributed by atoms with Gasteiger partial charge in [0, 0.05) is 41.5 Å². The van der Waals surface area contributed by atoms with Gasteiger partial charge < -0.3 is 10.7 Å². The van der Waals surface area contributed by atoms with Gasteiger partial charge in [0.25, 0.3) is 0 Å². The topological polar surface area (TPSA) is 62.1 Å². The average Bonchev–Trinajstić information content (AvgIpc) is 2.85. The van der Waals surface area contributed by atoms with Crippen molar-refractivity contribution >= 4 is 16.8 Å². The van der Waals surface area contributed by atoms with E-state index in [9.17, 15) is 4.79 Å². The van der Waals surface area contributed by atoms with Crippen LogP contribution >= 0.6 is 0 Å². The fourth-order valence-electron chi connectivity index (χ4n) is 5.14. The normalized spacial score (nSPS) is 26.5. The number of amides is 1. The SMILES string of the molecule is CCCN1C[C@H](CC(N)=O)CC2c3cccc4[nH]c(C)c(c34)C[C@H]21. The third-order valence-electron chi connectivity index (χ3n) is 6.00. The highest BCUT2D eigenvalue weighted by Gasteiger charge is 2.41. The molecule has 1 unspecified atom stereocenters. The number of H-pyrrole nitrogens is 1. The Bertz CT molecular complexity index is 779. The van der Waals surface area contributed by atoms with Gasteiger partial charge in [-0.05, 0) is 55.8 Å². The first kappa shape index (κ1) is 15.7. The highest BCUT2D eigenvalue weighted by atomic mass is 16.1. The minimum absolute atomic E-state index is 0.165. The van der Waals surface area contributed by atoms with Crippen LogP contribution in [0.5, 0.6) is 0 Å². The number of fused-ring (bicyclic) bond motifs is 2. The van der Waals surface area contributed by atoms with Gasteiger partial charge in [-0.2, -0.15) is 0 Å². The van der Waals surface area contributed by atoms with E-state index in [1.54, 1.807) is 0 Å². The first-order valence-corrected chi connectivity index (χ1v) is 9.20. The van der Waals surface area contributed by atoms with Crippen molar-refractivity contribution in [2.75, 3.05) is 13.1 Å². The number of carbonyl (C=O) groups excluding carboxylic acids is 1. The molecule has 4 heteroatoms. The maximum atomic E-state index is 11.5. The second kappa shape index (κ2) is 5.92. The quantitative estimate of drug-likeness (QED) is 0.907. The molecule has 0 spiro atoms. The fourth-order valence-corrected chi connectivity index (χ4v) is 5.14. The lowest BCUT2D eigenvalue weighted by Gasteiger charge is -2.47. The second-order valence-electron chi connectivity index (χ2n) is 7.64. The Hall–Kier alpha value is -1.81. The Morgan fingerprint density at radius 1 is 1.42 bits per heavy atom. The molecule has 24 heavy (non-hydrogen) atoms. The number of nitrogens with two attached hydrogens (primary N) is 1. The van der Waals surface area contributed by atoms with Crippen molar-refractivity contribution in [1.29, 1.82) is 0 Å². The van der Waals surface area contributed by atoms with Crippen LogP contribution in [0.25, 0.3) is 10.9 Å². The van der Waals surface area contributed by atoms with E-state index >= 15 is 0 Å². The molecular formula is C20H27N3O. The second-order valence-corrected chi connectivity index (χ2v) is 7.64. The van der Waals surface area contributed by atoms with Crippen LogP contribution in [0.4, 0.5) is 0 Å². The number of aromatic amines is 1. The molecule has 0 radical (unpaired) electrons. The molecule has 1 fully saturated rings. The molecule has 1 aliphatic heterocycles. The van der Waals surface area contributed by atoms with Crippen molar-refractivity contribution in [3.63, 3.8) is 0 Å². The summed E-state index contributed by atoms with van der Waals surface area (Å²) in [6.07, 6.45) is 3.86. The van der Waals surface area contributed by atoms with E-state index in [1.807, 2.05) is 0 Å². The summed E-state index contributed by atoms with van der Waals surface area (Å²) in [5, 5.41) is 1.44. The van der Waals surface area contributed by atoms with Crippen molar-refractivity contribution in [1.82, 2.24) is 9.88 Å². The van der Waals surface area contributed by atoms with Crippen LogP contribution < -0.4 is 5.73 Å². The largest absolute Gasteiger partial charge is 0.370 e. The maximum Gasteiger partial charge on any atom is 0.217 e. The minimum atomic E-state index is -0.165. The van der Waals surface area contributed by atoms with Gasteiger partial charge in [-0.15, -0.1) is 0 Å². The minimum Gasteiger partial charge on any atom is -0.370 e. The van der Waals surface area contributed by atoms with Crippen LogP contribution in [0.3, 0.4) is 0 Å². The van der Waals surface area contributed by atoms with Gasteiger partial charge in [-0.1, -0.05) is 19.1 Å². The monoisotopic (exact) mass is 325 g/mol. The Morgan fingerprint density at radius 2 is 2.25 bits per heavy atom. The van der Waals surface area contributed by atoms with Crippen molar-refractivity contribution in [2.45, 2.75) is 51.5 Å². The number of carbonyl (C=O) groups is 1. The smallest absolute Gasteiger partial charge is 0.217 e. The van der Waals surface area contributed by atoms with E-state index in [4.69, 9.17) is 5.73 Å². The summed E-state index contributed by atoms with van der Waals surface area (Å²) < 4.78 is 0. The van der Waals surface area contributed by atoms with Gasteiger partial charge in [0.15, 0.2) is 0 Å². The molecule has 1 aromatic heterocycles. The highest BCUT2D eigenvalue weighted by molar-refractivity contribution is 5.89. The third-order valence-corrected chi connectivity index (χ3v) is 6.00. The molecule has 128 valence electrons. The zero-order valence-electron chi connectivity index (χ0n) is 14.6. The zero-order valence-corrected chi connectivity index (χ0v) is 14.6. The number of benzene rings is 1. The molecule has 1 saturated heterocycles. The van der Waals surface area contributed by atoms with E-state index in [-0.39, 0.29) is 5.91 Å². The lowest BCUT2D eigenvalue weighted by Crippen LogP contribution is -2.50. The van der Waals surface area contributed by atoms with Gasteiger partial charge >= 0.3 is 0 Å². The summed E-state index contributed by atoms with van der Waals surface area (Å²) in [5.74, 6) is 0.732. The van der Waals surface area contributed by atoms with E-state index in [1.165, 1.54) is 27.7 Å². The number of nitrogens with zero attached hydrogens (tertiary/aromatic N) is 1. The first-order valence-electron chi connectivity index (χ1n) is 9.20. The number of likely N-dealkylation sites (tertiary alicyclic amines) is 1. The molecular weight excluding hydrogens is 298 g/mol. The Labute approximate surface area is 143 Å². The standard InChI is InChI=1S/C20H27N3O/c1-3-7-23-11-13(9-19(21)24)8-16-14-5-4-6-17-20(14)15(10-18(16)23)12(2)22-17/h4-6,13,16,18,22H,3,7-11H2,1-2H3,(H2,21,24)/t13-,16?,18+/m0/s1. The van der Waals surface area contributed by atoms with Crippen LogP contribution in [0.15, 0.2) is 18.2 Å². The number of aromatic nitrogens is 1. The van der Waals surface area contributed by atoms with E-state index in [0.29, 0.717) is 24.3 Å². The lowest BCUT2D eigenvalue weighted by atomic mass is 9.71. The number of primary amides is 1. The summed E-state index contributed by atoms with van der Waals surface area (Å²) in [7, 11) is 0. The number of nitrogens with one attached hydrogen (secondary N) is 1. The number of hydrogen-bond acceptors (Lipinski definition) is 2. The summed E-state index contributed by atoms with van der Waals surface area (Å²) >= 11 is 0. The average molecular weight is 325 g/mol. The van der Waals surface area contributed by atoms with Crippen LogP contribution in [-0.4, -0.2) is 34.9 Å². The zero-order chi connectivity index (χ0) is 16.8. The van der Waals surface area contributed by atoms with Crippen LogP contribution in [0.1, 0.15) is 48.9 Å². The summed E-state index contributed by atoms with van der Waals surface area (Å²) in [4.78, 5) is 17.7. The molecule has 1 aromatic carbocycles. The lowest BCUT2D eigenvalue weighted by molar-refractivity contribution is -0.119. The van der Waals surface area contributed by atoms with Crippen molar-refractivity contribution in [3.8, 4) is 0 Å². The molecule has 3 atom stereocenters. The van der Waals surface area contributed by atoms with Crippen LogP contribution in [0.2, 0.25) is 0 Å². The predicted octanol–water partition coefficient (Wildman–Crippen LogP) is 3.09. The number of aryl methyl sites for hydroxylation is 1. The summed E-state index contributed by atoms with van der Waals surface area (Å²) in [6, 6.07) is 7.21. The van der Waals surface area contributed by atoms with Gasteiger partial charge in [0.05, 0.1) is 0 Å². The highest BCUT2D eigenvalue weighted by Crippen LogP contribution is 2.46. The van der Waals surface area contributed by atoms with Gasteiger partial charge in [-0.25, -0.2) is 0 Å². The van der Waals surface area contributed by atoms with Crippen molar-refractivity contribution in [3.05, 3.63) is 35.0 Å². The van der Waals surface area contributed by atoms with E-state index in [2.05, 4.69) is 41.9 Å². The molecule has 0 saturated carbocycles. The molecule has 3 N–H and O–H groups in total. The molecule has 2 aliphatic rings. The molecule has 4 nitrogen and oxygen atoms in total. The van der Waals surface area contributed by atoms with Crippen LogP contribution in [-0.2, 0) is 11.2 Å². The third kappa shape index (κ3) is 2.44. The molecule has 1 amide bonds. The summed E-state index contributed by atoms with van der Waals surface area (Å²) in [5.41, 5.74) is 11.0. The molecule has 2 heterocycles. The van der Waals surface area contributed by atoms with E-state index < -0.39 is 0 Å². The molecule has 2 aromatic rings. The maximum absolute atomic E-state index is 11.5. The van der Waals surface area contributed by atoms with Crippen molar-refractivity contribution < 1.29 is 4.79 Å². The predicted molar refractivity (Wildman–Crippen MR) is 97.1 cm³/mol. The summed E-state index contributed by atoms with van der Waals surface area (Å²) in [6.45, 7) is 6.55. The number of hydrogen-bond donors (Lipinski definition) is 2. The van der Waals surface area contributed by atoms with Gasteiger partial charge in [-0.3, -0.25) is 9.69 Å². The van der Waals surface area contributed by atoms with Gasteiger partial charge in [0.2, 0.25) is 5.91 Å². The Kier molecular flexibility index (Phi) is 3.87. The Balaban J connectivity index is 1.77. The Morgan fingerprint density at radius 3 is 3.00 bits per heavy atom. The first-order chi connectivity index (χ1) is 11.6. The van der Waals surface area contributed by atoms with Gasteiger partial charge in [0.1, 0.15) is 0 Å². The van der Waals surface area contributed by atoms with E-state index in [0.717, 1.165) is 32.4 Å². The number of rotatable bonds is 4. The fraction of sp³-hybridized carbons (Fsp3) is 0.550. The molecule has 4 rings (SSSR count). The molecule has 0 bridgehead atoms. The van der Waals surface area contributed by atoms with Crippen LogP contribution in [0, 0.1) is 12.8 Å². The number of piperidine rings is 1. The molecule has 1 aliphatic carbocycles. The van der Waals surface area contributed by atoms with Crippen molar-refractivity contribution in [2.24, 2.45) is 11.7 Å².